The molecule has 0 bridgehead atoms. The van der Waals surface area contributed by atoms with Crippen LogP contribution in [-0.2, 0) is 6.42 Å². The van der Waals surface area contributed by atoms with E-state index in [9.17, 15) is 4.79 Å². The van der Waals surface area contributed by atoms with Gasteiger partial charge in [0.05, 0.1) is 17.8 Å². The maximum atomic E-state index is 12.6. The Morgan fingerprint density at radius 2 is 1.97 bits per heavy atom. The number of aromatic amines is 1. The lowest BCUT2D eigenvalue weighted by Gasteiger charge is -2.12. The summed E-state index contributed by atoms with van der Waals surface area (Å²) in [4.78, 5) is 20.4. The summed E-state index contributed by atoms with van der Waals surface area (Å²) in [7, 11) is 0. The van der Waals surface area contributed by atoms with E-state index in [4.69, 9.17) is 9.72 Å². The number of pyridine rings is 1. The number of aryl methyl sites for hydroxylation is 2. The van der Waals surface area contributed by atoms with Crippen molar-refractivity contribution in [1.29, 1.82) is 0 Å². The number of hydrogen-bond acceptors (Lipinski definition) is 5. The van der Waals surface area contributed by atoms with Gasteiger partial charge < -0.3 is 15.0 Å². The molecule has 2 heterocycles. The van der Waals surface area contributed by atoms with Crippen LogP contribution in [0, 0.1) is 6.92 Å². The van der Waals surface area contributed by atoms with Crippen molar-refractivity contribution in [3.05, 3.63) is 71.8 Å². The lowest BCUT2D eigenvalue weighted by Crippen LogP contribution is -2.24. The highest BCUT2D eigenvalue weighted by atomic mass is 16.5. The van der Waals surface area contributed by atoms with Gasteiger partial charge in [-0.2, -0.15) is 0 Å². The Kier molecular flexibility index (Phi) is 6.21. The fourth-order valence-corrected chi connectivity index (χ4v) is 3.40. The molecular weight excluding hydrogens is 390 g/mol. The molecular formula is C24H25N5O2. The lowest BCUT2D eigenvalue weighted by atomic mass is 10.1. The third kappa shape index (κ3) is 4.88. The largest absolute Gasteiger partial charge is 0.493 e. The molecule has 0 aliphatic heterocycles. The summed E-state index contributed by atoms with van der Waals surface area (Å²) in [6, 6.07) is 15.7. The number of fused-ring (bicyclic) bond motifs is 1. The summed E-state index contributed by atoms with van der Waals surface area (Å²) in [5.74, 6) is 1.46. The van der Waals surface area contributed by atoms with Crippen molar-refractivity contribution in [2.24, 2.45) is 0 Å². The zero-order valence-electron chi connectivity index (χ0n) is 17.7. The van der Waals surface area contributed by atoms with Gasteiger partial charge in [-0.3, -0.25) is 4.79 Å². The van der Waals surface area contributed by atoms with Crippen LogP contribution in [0.25, 0.3) is 22.2 Å². The Balaban J connectivity index is 1.56. The van der Waals surface area contributed by atoms with E-state index in [0.29, 0.717) is 18.7 Å². The van der Waals surface area contributed by atoms with Gasteiger partial charge in [-0.15, -0.1) is 10.2 Å². The molecule has 4 aromatic rings. The van der Waals surface area contributed by atoms with Crippen molar-refractivity contribution in [3.63, 3.8) is 0 Å². The highest BCUT2D eigenvalue weighted by Crippen LogP contribution is 2.31. The summed E-state index contributed by atoms with van der Waals surface area (Å²) in [6.45, 7) is 5.12. The molecule has 31 heavy (non-hydrogen) atoms. The first-order valence-corrected chi connectivity index (χ1v) is 10.4. The van der Waals surface area contributed by atoms with Crippen molar-refractivity contribution < 1.29 is 9.53 Å². The first kappa shape index (κ1) is 20.5. The number of amides is 1. The SMILES string of the molecule is CCOc1cc(-c2ccc(C)cc2)nc2cc(C(=O)NCCCc3nnc[nH]3)ccc12. The molecule has 7 nitrogen and oxygen atoms in total. The van der Waals surface area contributed by atoms with Gasteiger partial charge in [-0.25, -0.2) is 4.98 Å². The van der Waals surface area contributed by atoms with Gasteiger partial charge >= 0.3 is 0 Å². The number of aromatic nitrogens is 4. The molecule has 4 rings (SSSR count). The van der Waals surface area contributed by atoms with E-state index in [1.807, 2.05) is 43.3 Å². The van der Waals surface area contributed by atoms with E-state index in [1.54, 1.807) is 6.33 Å². The first-order chi connectivity index (χ1) is 15.1. The summed E-state index contributed by atoms with van der Waals surface area (Å²) in [5, 5.41) is 11.6. The van der Waals surface area contributed by atoms with Crippen molar-refractivity contribution in [2.45, 2.75) is 26.7 Å². The summed E-state index contributed by atoms with van der Waals surface area (Å²) < 4.78 is 5.87. The maximum absolute atomic E-state index is 12.6. The quantitative estimate of drug-likeness (QED) is 0.423. The van der Waals surface area contributed by atoms with Crippen LogP contribution in [0.5, 0.6) is 5.75 Å². The normalized spacial score (nSPS) is 10.9. The molecule has 158 valence electrons. The minimum absolute atomic E-state index is 0.125. The number of H-pyrrole nitrogens is 1. The van der Waals surface area contributed by atoms with Crippen molar-refractivity contribution in [1.82, 2.24) is 25.5 Å². The van der Waals surface area contributed by atoms with E-state index >= 15 is 0 Å². The van der Waals surface area contributed by atoms with Gasteiger partial charge in [-0.05, 0) is 38.5 Å². The van der Waals surface area contributed by atoms with Crippen LogP contribution in [0.1, 0.15) is 35.1 Å². The first-order valence-electron chi connectivity index (χ1n) is 10.4. The molecule has 2 aromatic heterocycles. The number of carbonyl (C=O) groups excluding carboxylic acids is 1. The van der Waals surface area contributed by atoms with Crippen LogP contribution in [0.4, 0.5) is 0 Å². The molecule has 0 saturated heterocycles. The molecule has 2 N–H and O–H groups in total. The third-order valence-electron chi connectivity index (χ3n) is 5.02. The minimum atomic E-state index is -0.125. The summed E-state index contributed by atoms with van der Waals surface area (Å²) in [5.41, 5.74) is 4.33. The highest BCUT2D eigenvalue weighted by molar-refractivity contribution is 5.99. The topological polar surface area (TPSA) is 92.8 Å². The molecule has 0 radical (unpaired) electrons. The molecule has 2 aromatic carbocycles. The molecule has 0 fully saturated rings. The average molecular weight is 415 g/mol. The number of nitrogens with zero attached hydrogens (tertiary/aromatic N) is 3. The number of ether oxygens (including phenoxy) is 1. The second-order valence-electron chi connectivity index (χ2n) is 7.33. The Labute approximate surface area is 180 Å². The third-order valence-corrected chi connectivity index (χ3v) is 5.02. The monoisotopic (exact) mass is 415 g/mol. The fraction of sp³-hybridized carbons (Fsp3) is 0.250. The Bertz CT molecular complexity index is 1170. The van der Waals surface area contributed by atoms with Crippen molar-refractivity contribution >= 4 is 16.8 Å². The fourth-order valence-electron chi connectivity index (χ4n) is 3.40. The van der Waals surface area contributed by atoms with Crippen LogP contribution >= 0.6 is 0 Å². The van der Waals surface area contributed by atoms with Gasteiger partial charge in [-0.1, -0.05) is 29.8 Å². The van der Waals surface area contributed by atoms with E-state index in [0.717, 1.165) is 46.6 Å². The van der Waals surface area contributed by atoms with Crippen LogP contribution in [-0.4, -0.2) is 39.2 Å². The Morgan fingerprint density at radius 3 is 2.71 bits per heavy atom. The number of nitrogens with one attached hydrogen (secondary N) is 2. The molecule has 0 saturated carbocycles. The second-order valence-corrected chi connectivity index (χ2v) is 7.33. The molecule has 7 heteroatoms. The minimum Gasteiger partial charge on any atom is -0.493 e. The van der Waals surface area contributed by atoms with Gasteiger partial charge in [0.1, 0.15) is 17.9 Å². The van der Waals surface area contributed by atoms with Crippen molar-refractivity contribution in [3.8, 4) is 17.0 Å². The highest BCUT2D eigenvalue weighted by Gasteiger charge is 2.12. The van der Waals surface area contributed by atoms with Gasteiger partial charge in [0.15, 0.2) is 0 Å². The number of rotatable bonds is 8. The van der Waals surface area contributed by atoms with Crippen LogP contribution in [0.15, 0.2) is 54.9 Å². The van der Waals surface area contributed by atoms with Crippen molar-refractivity contribution in [2.75, 3.05) is 13.2 Å². The molecule has 0 aliphatic rings. The van der Waals surface area contributed by atoms with E-state index in [2.05, 4.69) is 39.6 Å². The maximum Gasteiger partial charge on any atom is 0.251 e. The standard InChI is InChI=1S/C24H25N5O2/c1-3-31-22-14-20(17-8-6-16(2)7-9-17)28-21-13-18(10-11-19(21)22)24(30)25-12-4-5-23-26-15-27-29-23/h6-11,13-15H,3-5,12H2,1-2H3,(H,25,30)(H,26,27,29). The van der Waals surface area contributed by atoms with E-state index < -0.39 is 0 Å². The second kappa shape index (κ2) is 9.38. The summed E-state index contributed by atoms with van der Waals surface area (Å²) in [6.07, 6.45) is 3.06. The van der Waals surface area contributed by atoms with E-state index in [-0.39, 0.29) is 5.91 Å². The van der Waals surface area contributed by atoms with Gasteiger partial charge in [0.25, 0.3) is 5.91 Å². The number of hydrogen-bond donors (Lipinski definition) is 2. The van der Waals surface area contributed by atoms with E-state index in [1.165, 1.54) is 5.56 Å². The predicted octanol–water partition coefficient (Wildman–Crippen LogP) is 4.09. The molecule has 0 spiro atoms. The number of benzene rings is 2. The average Bonchev–Trinajstić information content (AvgIpc) is 3.30. The van der Waals surface area contributed by atoms with Crippen LogP contribution in [0.2, 0.25) is 0 Å². The zero-order valence-corrected chi connectivity index (χ0v) is 17.7. The molecule has 1 amide bonds. The smallest absolute Gasteiger partial charge is 0.251 e. The molecule has 0 aliphatic carbocycles. The van der Waals surface area contributed by atoms with Gasteiger partial charge in [0, 0.05) is 35.5 Å². The Morgan fingerprint density at radius 1 is 1.13 bits per heavy atom. The van der Waals surface area contributed by atoms with Crippen LogP contribution < -0.4 is 10.1 Å². The van der Waals surface area contributed by atoms with Crippen LogP contribution in [0.3, 0.4) is 0 Å². The molecule has 0 unspecified atom stereocenters. The zero-order chi connectivity index (χ0) is 21.6. The Hall–Kier alpha value is -3.74. The molecule has 0 atom stereocenters. The number of carbonyl (C=O) groups is 1. The van der Waals surface area contributed by atoms with Gasteiger partial charge in [0.2, 0.25) is 0 Å². The summed E-state index contributed by atoms with van der Waals surface area (Å²) >= 11 is 0. The lowest BCUT2D eigenvalue weighted by molar-refractivity contribution is 0.0953. The predicted molar refractivity (Wildman–Crippen MR) is 120 cm³/mol.